The zero-order chi connectivity index (χ0) is 12.1. The van der Waals surface area contributed by atoms with Gasteiger partial charge in [-0.05, 0) is 17.7 Å². The van der Waals surface area contributed by atoms with E-state index in [1.54, 1.807) is 26.2 Å². The van der Waals surface area contributed by atoms with E-state index < -0.39 is 12.1 Å². The molecular weight excluding hydrogens is 210 g/mol. The monoisotopic (exact) mass is 223 g/mol. The van der Waals surface area contributed by atoms with Crippen LogP contribution in [0.3, 0.4) is 0 Å². The number of hydrogen-bond acceptors (Lipinski definition) is 3. The fourth-order valence-electron chi connectivity index (χ4n) is 1.02. The lowest BCUT2D eigenvalue weighted by molar-refractivity contribution is 0.0696. The van der Waals surface area contributed by atoms with Gasteiger partial charge in [0.1, 0.15) is 6.61 Å². The number of carboxylic acid groups (broad SMARTS) is 1. The molecule has 0 radical (unpaired) electrons. The van der Waals surface area contributed by atoms with E-state index >= 15 is 0 Å². The van der Waals surface area contributed by atoms with Crippen LogP contribution in [0.25, 0.3) is 0 Å². The summed E-state index contributed by atoms with van der Waals surface area (Å²) in [6.07, 6.45) is -0.428. The quantitative estimate of drug-likeness (QED) is 0.844. The first-order chi connectivity index (χ1) is 7.50. The summed E-state index contributed by atoms with van der Waals surface area (Å²) >= 11 is 0. The van der Waals surface area contributed by atoms with E-state index in [1.165, 1.54) is 17.0 Å². The van der Waals surface area contributed by atoms with Gasteiger partial charge in [-0.2, -0.15) is 0 Å². The van der Waals surface area contributed by atoms with E-state index in [1.807, 2.05) is 0 Å². The Balaban J connectivity index is 2.56. The molecule has 5 heteroatoms. The van der Waals surface area contributed by atoms with Gasteiger partial charge in [-0.3, -0.25) is 0 Å². The topological polar surface area (TPSA) is 66.8 Å². The lowest BCUT2D eigenvalue weighted by Gasteiger charge is -2.10. The normalized spacial score (nSPS) is 9.62. The molecule has 0 heterocycles. The molecule has 1 aromatic carbocycles. The Kier molecular flexibility index (Phi) is 3.88. The van der Waals surface area contributed by atoms with Crippen molar-refractivity contribution in [3.63, 3.8) is 0 Å². The molecule has 1 amide bonds. The number of amides is 1. The van der Waals surface area contributed by atoms with Crippen LogP contribution in [0.4, 0.5) is 4.79 Å². The predicted octanol–water partition coefficient (Wildman–Crippen LogP) is 1.58. The molecule has 0 saturated heterocycles. The first-order valence-electron chi connectivity index (χ1n) is 4.67. The molecular formula is C11H13NO4. The molecule has 5 nitrogen and oxygen atoms in total. The van der Waals surface area contributed by atoms with Crippen molar-refractivity contribution < 1.29 is 19.4 Å². The molecule has 0 aliphatic rings. The van der Waals surface area contributed by atoms with Crippen LogP contribution >= 0.6 is 0 Å². The number of benzene rings is 1. The molecule has 0 aliphatic carbocycles. The fraction of sp³-hybridized carbons (Fsp3) is 0.273. The van der Waals surface area contributed by atoms with Crippen molar-refractivity contribution in [3.8, 4) is 0 Å². The van der Waals surface area contributed by atoms with Gasteiger partial charge in [0.2, 0.25) is 0 Å². The third-order valence-electron chi connectivity index (χ3n) is 1.93. The van der Waals surface area contributed by atoms with Crippen LogP contribution in [0, 0.1) is 0 Å². The molecule has 86 valence electrons. The molecule has 0 atom stereocenters. The number of carboxylic acids is 1. The van der Waals surface area contributed by atoms with Crippen LogP contribution in [0.5, 0.6) is 0 Å². The first kappa shape index (κ1) is 12.0. The second-order valence-electron chi connectivity index (χ2n) is 3.45. The minimum Gasteiger partial charge on any atom is -0.478 e. The first-order valence-corrected chi connectivity index (χ1v) is 4.67. The van der Waals surface area contributed by atoms with Gasteiger partial charge in [0.15, 0.2) is 0 Å². The van der Waals surface area contributed by atoms with Gasteiger partial charge in [-0.25, -0.2) is 9.59 Å². The summed E-state index contributed by atoms with van der Waals surface area (Å²) in [5, 5.41) is 8.67. The molecule has 1 rings (SSSR count). The Hall–Kier alpha value is -2.04. The Labute approximate surface area is 93.2 Å². The summed E-state index contributed by atoms with van der Waals surface area (Å²) in [6.45, 7) is 0.136. The Morgan fingerprint density at radius 2 is 1.81 bits per heavy atom. The molecule has 0 spiro atoms. The molecule has 0 fully saturated rings. The highest BCUT2D eigenvalue weighted by molar-refractivity contribution is 5.87. The summed E-state index contributed by atoms with van der Waals surface area (Å²) in [7, 11) is 3.19. The van der Waals surface area contributed by atoms with E-state index in [9.17, 15) is 9.59 Å². The van der Waals surface area contributed by atoms with Crippen LogP contribution in [-0.4, -0.2) is 36.2 Å². The molecule has 16 heavy (non-hydrogen) atoms. The maximum Gasteiger partial charge on any atom is 0.409 e. The van der Waals surface area contributed by atoms with Crippen molar-refractivity contribution in [1.82, 2.24) is 4.90 Å². The Morgan fingerprint density at radius 3 is 2.25 bits per heavy atom. The van der Waals surface area contributed by atoms with Gasteiger partial charge >= 0.3 is 12.1 Å². The van der Waals surface area contributed by atoms with Crippen LogP contribution in [0.15, 0.2) is 24.3 Å². The van der Waals surface area contributed by atoms with Gasteiger partial charge in [0.05, 0.1) is 5.56 Å². The van der Waals surface area contributed by atoms with Crippen molar-refractivity contribution >= 4 is 12.1 Å². The van der Waals surface area contributed by atoms with Crippen LogP contribution in [0.2, 0.25) is 0 Å². The van der Waals surface area contributed by atoms with Crippen molar-refractivity contribution in [2.45, 2.75) is 6.61 Å². The largest absolute Gasteiger partial charge is 0.478 e. The number of hydrogen-bond donors (Lipinski definition) is 1. The highest BCUT2D eigenvalue weighted by Gasteiger charge is 2.06. The Bertz CT molecular complexity index is 383. The second kappa shape index (κ2) is 5.16. The SMILES string of the molecule is CN(C)C(=O)OCc1ccc(C(=O)O)cc1. The molecule has 0 unspecified atom stereocenters. The molecule has 0 saturated carbocycles. The highest BCUT2D eigenvalue weighted by atomic mass is 16.6. The smallest absolute Gasteiger partial charge is 0.409 e. The van der Waals surface area contributed by atoms with Gasteiger partial charge in [-0.1, -0.05) is 12.1 Å². The van der Waals surface area contributed by atoms with Crippen molar-refractivity contribution in [2.75, 3.05) is 14.1 Å². The molecule has 1 aromatic rings. The number of ether oxygens (including phenoxy) is 1. The number of carbonyl (C=O) groups excluding carboxylic acids is 1. The number of aromatic carboxylic acids is 1. The van der Waals surface area contributed by atoms with Crippen molar-refractivity contribution in [1.29, 1.82) is 0 Å². The maximum absolute atomic E-state index is 11.1. The summed E-state index contributed by atoms with van der Waals surface area (Å²) in [5.41, 5.74) is 0.961. The summed E-state index contributed by atoms with van der Waals surface area (Å²) in [6, 6.07) is 6.18. The van der Waals surface area contributed by atoms with E-state index in [0.717, 1.165) is 5.56 Å². The minimum absolute atomic E-state index is 0.136. The third kappa shape index (κ3) is 3.27. The van der Waals surface area contributed by atoms with Gasteiger partial charge in [-0.15, -0.1) is 0 Å². The minimum atomic E-state index is -0.975. The zero-order valence-corrected chi connectivity index (χ0v) is 9.14. The van der Waals surface area contributed by atoms with Gasteiger partial charge < -0.3 is 14.7 Å². The van der Waals surface area contributed by atoms with Crippen molar-refractivity contribution in [3.05, 3.63) is 35.4 Å². The van der Waals surface area contributed by atoms with E-state index in [-0.39, 0.29) is 12.2 Å². The summed E-state index contributed by atoms with van der Waals surface area (Å²) < 4.78 is 4.93. The van der Waals surface area contributed by atoms with Crippen LogP contribution < -0.4 is 0 Å². The van der Waals surface area contributed by atoms with Crippen molar-refractivity contribution in [2.24, 2.45) is 0 Å². The molecule has 0 aliphatic heterocycles. The average molecular weight is 223 g/mol. The Morgan fingerprint density at radius 1 is 1.25 bits per heavy atom. The number of carbonyl (C=O) groups is 2. The second-order valence-corrected chi connectivity index (χ2v) is 3.45. The number of nitrogens with zero attached hydrogens (tertiary/aromatic N) is 1. The lowest BCUT2D eigenvalue weighted by Crippen LogP contribution is -2.22. The summed E-state index contributed by atoms with van der Waals surface area (Å²) in [5.74, 6) is -0.975. The van der Waals surface area contributed by atoms with Gasteiger partial charge in [0.25, 0.3) is 0 Å². The standard InChI is InChI=1S/C11H13NO4/c1-12(2)11(15)16-7-8-3-5-9(6-4-8)10(13)14/h3-6H,7H2,1-2H3,(H,13,14). The maximum atomic E-state index is 11.1. The van der Waals surface area contributed by atoms with E-state index in [2.05, 4.69) is 0 Å². The molecule has 0 aromatic heterocycles. The fourth-order valence-corrected chi connectivity index (χ4v) is 1.02. The molecule has 0 bridgehead atoms. The third-order valence-corrected chi connectivity index (χ3v) is 1.93. The summed E-state index contributed by atoms with van der Waals surface area (Å²) in [4.78, 5) is 23.0. The predicted molar refractivity (Wildman–Crippen MR) is 57.3 cm³/mol. The van der Waals surface area contributed by atoms with E-state index in [0.29, 0.717) is 0 Å². The molecule has 1 N–H and O–H groups in total. The van der Waals surface area contributed by atoms with Crippen LogP contribution in [0.1, 0.15) is 15.9 Å². The lowest BCUT2D eigenvalue weighted by atomic mass is 10.1. The van der Waals surface area contributed by atoms with E-state index in [4.69, 9.17) is 9.84 Å². The van der Waals surface area contributed by atoms with Crippen LogP contribution in [-0.2, 0) is 11.3 Å². The highest BCUT2D eigenvalue weighted by Crippen LogP contribution is 2.06. The average Bonchev–Trinajstić information content (AvgIpc) is 2.26. The van der Waals surface area contributed by atoms with Gasteiger partial charge in [0, 0.05) is 14.1 Å². The number of rotatable bonds is 3. The zero-order valence-electron chi connectivity index (χ0n) is 9.14.